The molecule has 6 atom stereocenters. The van der Waals surface area contributed by atoms with Gasteiger partial charge < -0.3 is 19.9 Å². The highest BCUT2D eigenvalue weighted by molar-refractivity contribution is 5.99. The van der Waals surface area contributed by atoms with E-state index in [9.17, 15) is 32.7 Å². The zero-order valence-electron chi connectivity index (χ0n) is 17.5. The number of aromatic hydroxyl groups is 1. The summed E-state index contributed by atoms with van der Waals surface area (Å²) in [6, 6.07) is 1.05. The minimum atomic E-state index is -1.17. The maximum atomic E-state index is 13.9. The number of halogens is 3. The van der Waals surface area contributed by atoms with Gasteiger partial charge in [0.25, 0.3) is 11.8 Å². The van der Waals surface area contributed by atoms with Crippen molar-refractivity contribution in [1.29, 1.82) is 0 Å². The van der Waals surface area contributed by atoms with E-state index < -0.39 is 58.1 Å². The first kappa shape index (κ1) is 20.3. The van der Waals surface area contributed by atoms with Gasteiger partial charge in [-0.25, -0.2) is 13.2 Å². The van der Waals surface area contributed by atoms with Gasteiger partial charge in [-0.1, -0.05) is 6.92 Å². The van der Waals surface area contributed by atoms with E-state index in [1.165, 1.54) is 10.8 Å². The Morgan fingerprint density at radius 1 is 1.15 bits per heavy atom. The Morgan fingerprint density at radius 2 is 1.85 bits per heavy atom. The summed E-state index contributed by atoms with van der Waals surface area (Å²) < 4.78 is 42.2. The molecule has 1 saturated heterocycles. The van der Waals surface area contributed by atoms with E-state index in [-0.39, 0.29) is 17.8 Å². The predicted molar refractivity (Wildman–Crippen MR) is 108 cm³/mol. The van der Waals surface area contributed by atoms with Crippen LogP contribution in [0.3, 0.4) is 0 Å². The van der Waals surface area contributed by atoms with Gasteiger partial charge in [-0.05, 0) is 30.1 Å². The molecule has 7 nitrogen and oxygen atoms in total. The molecule has 2 aliphatic carbocycles. The molecule has 0 spiro atoms. The number of hydrogen-bond acceptors (Lipinski definition) is 4. The second-order valence-electron chi connectivity index (χ2n) is 9.51. The maximum absolute atomic E-state index is 13.9. The molecule has 4 aliphatic rings. The Labute approximate surface area is 185 Å². The Balaban J connectivity index is 1.30. The monoisotopic (exact) mass is 459 g/mol. The van der Waals surface area contributed by atoms with E-state index in [1.54, 1.807) is 0 Å². The van der Waals surface area contributed by atoms with E-state index in [0.29, 0.717) is 42.3 Å². The first-order valence-electron chi connectivity index (χ1n) is 10.9. The zero-order chi connectivity index (χ0) is 23.3. The average molecular weight is 459 g/mol. The third-order valence-corrected chi connectivity index (χ3v) is 8.03. The summed E-state index contributed by atoms with van der Waals surface area (Å²) in [5.41, 5.74) is -2.18. The summed E-state index contributed by atoms with van der Waals surface area (Å²) in [4.78, 5) is 40.4. The van der Waals surface area contributed by atoms with Gasteiger partial charge in [0.1, 0.15) is 23.0 Å². The number of hydrogen-bond donors (Lipinski definition) is 2. The van der Waals surface area contributed by atoms with Crippen LogP contribution in [-0.4, -0.2) is 38.5 Å². The first-order chi connectivity index (χ1) is 15.7. The smallest absolute Gasteiger partial charge is 0.275 e. The van der Waals surface area contributed by atoms with Crippen LogP contribution in [0.4, 0.5) is 13.2 Å². The molecule has 2 amide bonds. The number of nitrogens with one attached hydrogen (secondary N) is 1. The van der Waals surface area contributed by atoms with Gasteiger partial charge in [0.15, 0.2) is 11.4 Å². The number of carbonyl (C=O) groups excluding carboxylic acids is 2. The number of aromatic nitrogens is 1. The number of nitrogens with zero attached hydrogens (tertiary/aromatic N) is 2. The maximum Gasteiger partial charge on any atom is 0.275 e. The van der Waals surface area contributed by atoms with Crippen LogP contribution in [-0.2, 0) is 13.1 Å². The van der Waals surface area contributed by atoms with Gasteiger partial charge in [-0.3, -0.25) is 14.4 Å². The Morgan fingerprint density at radius 3 is 2.55 bits per heavy atom. The van der Waals surface area contributed by atoms with Crippen molar-refractivity contribution in [3.63, 3.8) is 0 Å². The van der Waals surface area contributed by atoms with Crippen molar-refractivity contribution in [2.75, 3.05) is 0 Å². The molecule has 2 bridgehead atoms. The van der Waals surface area contributed by atoms with E-state index >= 15 is 0 Å². The normalized spacial score (nSPS) is 30.7. The van der Waals surface area contributed by atoms with Crippen LogP contribution in [0.25, 0.3) is 0 Å². The van der Waals surface area contributed by atoms with Crippen molar-refractivity contribution in [2.24, 2.45) is 23.7 Å². The minimum Gasteiger partial charge on any atom is -0.503 e. The summed E-state index contributed by atoms with van der Waals surface area (Å²) in [6.07, 6.45) is 2.14. The van der Waals surface area contributed by atoms with Crippen LogP contribution in [0.5, 0.6) is 5.75 Å². The highest BCUT2D eigenvalue weighted by Gasteiger charge is 2.70. The second kappa shape index (κ2) is 6.61. The van der Waals surface area contributed by atoms with Crippen molar-refractivity contribution in [2.45, 2.75) is 38.5 Å². The minimum absolute atomic E-state index is 0.0542. The van der Waals surface area contributed by atoms with Crippen LogP contribution >= 0.6 is 0 Å². The summed E-state index contributed by atoms with van der Waals surface area (Å²) in [5.74, 6) is -3.65. The topological polar surface area (TPSA) is 91.6 Å². The van der Waals surface area contributed by atoms with E-state index in [4.69, 9.17) is 0 Å². The average Bonchev–Trinajstić information content (AvgIpc) is 3.11. The number of piperidine rings is 1. The molecule has 172 valence electrons. The molecule has 2 N–H and O–H groups in total. The molecule has 1 aromatic carbocycles. The predicted octanol–water partition coefficient (Wildman–Crippen LogP) is 2.01. The Bertz CT molecular complexity index is 1290. The van der Waals surface area contributed by atoms with Crippen LogP contribution in [0.15, 0.2) is 23.1 Å². The van der Waals surface area contributed by atoms with Gasteiger partial charge in [0.05, 0.1) is 6.04 Å². The van der Waals surface area contributed by atoms with E-state index in [0.717, 1.165) is 6.42 Å². The molecule has 3 heterocycles. The highest BCUT2D eigenvalue weighted by Crippen LogP contribution is 2.67. The molecule has 2 saturated carbocycles. The lowest BCUT2D eigenvalue weighted by atomic mass is 9.93. The van der Waals surface area contributed by atoms with Gasteiger partial charge >= 0.3 is 0 Å². The fraction of sp³-hybridized carbons (Fsp3) is 0.435. The van der Waals surface area contributed by atoms with Crippen molar-refractivity contribution in [3.8, 4) is 5.75 Å². The molecule has 3 unspecified atom stereocenters. The first-order valence-corrected chi connectivity index (χ1v) is 10.9. The standard InChI is InChI=1S/C23H20F3N3O4/c1-8-17-10-4-15(18(8)17)29-16(10)7-28-6-12(20(30)21(31)19(28)23(29)33)22(32)27-5-11-13(25)2-9(24)3-14(11)26/h2-3,6,8,10,15-18,31H,4-5,7H2,1H3,(H,27,32)/t8-,10?,15-,16-,17?,18?/m0/s1. The van der Waals surface area contributed by atoms with E-state index in [1.807, 2.05) is 4.90 Å². The van der Waals surface area contributed by atoms with Crippen molar-refractivity contribution < 1.29 is 27.9 Å². The van der Waals surface area contributed by atoms with Gasteiger partial charge in [0.2, 0.25) is 5.43 Å². The molecular weight excluding hydrogens is 439 g/mol. The molecule has 2 aliphatic heterocycles. The summed E-state index contributed by atoms with van der Waals surface area (Å²) in [5, 5.41) is 12.8. The summed E-state index contributed by atoms with van der Waals surface area (Å²) in [6.45, 7) is 1.91. The van der Waals surface area contributed by atoms with Gasteiger partial charge in [-0.2, -0.15) is 0 Å². The molecule has 33 heavy (non-hydrogen) atoms. The fourth-order valence-electron chi connectivity index (χ4n) is 6.60. The molecule has 2 aromatic rings. The highest BCUT2D eigenvalue weighted by atomic mass is 19.1. The van der Waals surface area contributed by atoms with E-state index in [2.05, 4.69) is 12.2 Å². The molecule has 6 rings (SSSR count). The van der Waals surface area contributed by atoms with Gasteiger partial charge in [-0.15, -0.1) is 0 Å². The molecule has 3 fully saturated rings. The number of fused-ring (bicyclic) bond motifs is 9. The van der Waals surface area contributed by atoms with Gasteiger partial charge in [0, 0.05) is 43.0 Å². The molecule has 0 radical (unpaired) electrons. The van der Waals surface area contributed by atoms with Crippen molar-refractivity contribution >= 4 is 11.8 Å². The van der Waals surface area contributed by atoms with Crippen LogP contribution < -0.4 is 10.7 Å². The number of carbonyl (C=O) groups is 2. The zero-order valence-corrected chi connectivity index (χ0v) is 17.5. The van der Waals surface area contributed by atoms with Crippen LogP contribution in [0.1, 0.15) is 39.8 Å². The quantitative estimate of drug-likeness (QED) is 0.735. The summed E-state index contributed by atoms with van der Waals surface area (Å²) >= 11 is 0. The molecule has 1 aromatic heterocycles. The third-order valence-electron chi connectivity index (χ3n) is 8.03. The van der Waals surface area contributed by atoms with Crippen molar-refractivity contribution in [1.82, 2.24) is 14.8 Å². The third kappa shape index (κ3) is 2.66. The number of amides is 2. The molecular formula is C23H20F3N3O4. The summed E-state index contributed by atoms with van der Waals surface area (Å²) in [7, 11) is 0. The van der Waals surface area contributed by atoms with Crippen molar-refractivity contribution in [3.05, 3.63) is 62.8 Å². The Hall–Kier alpha value is -3.30. The van der Waals surface area contributed by atoms with Crippen LogP contribution in [0.2, 0.25) is 0 Å². The number of pyridine rings is 1. The second-order valence-corrected chi connectivity index (χ2v) is 9.51. The fourth-order valence-corrected chi connectivity index (χ4v) is 6.60. The van der Waals surface area contributed by atoms with Crippen LogP contribution in [0, 0.1) is 41.1 Å². The lowest BCUT2D eigenvalue weighted by Gasteiger charge is -2.40. The molecule has 10 heteroatoms. The number of benzene rings is 1. The lowest BCUT2D eigenvalue weighted by Crippen LogP contribution is -2.53. The SMILES string of the molecule is C[C@H]1C2C3C[C@@H](C21)N1C(=O)c2c(O)c(=O)c(C(=O)NCc4c(F)cc(F)cc4F)cn2C[C@@H]31. The largest absolute Gasteiger partial charge is 0.503 e. The lowest BCUT2D eigenvalue weighted by molar-refractivity contribution is 0.0465. The number of rotatable bonds is 3. The Kier molecular flexibility index (Phi) is 4.07.